The largest absolute Gasteiger partial charge is 0.496 e. The summed E-state index contributed by atoms with van der Waals surface area (Å²) in [6.45, 7) is 8.00. The van der Waals surface area contributed by atoms with E-state index in [1.54, 1.807) is 19.2 Å². The predicted octanol–water partition coefficient (Wildman–Crippen LogP) is 5.82. The van der Waals surface area contributed by atoms with Crippen molar-refractivity contribution in [2.75, 3.05) is 38.7 Å². The molecule has 32 heavy (non-hydrogen) atoms. The van der Waals surface area contributed by atoms with Crippen molar-refractivity contribution in [3.63, 3.8) is 0 Å². The highest BCUT2D eigenvalue weighted by Gasteiger charge is 2.18. The first-order valence-corrected chi connectivity index (χ1v) is 11.7. The quantitative estimate of drug-likeness (QED) is 0.463. The highest BCUT2D eigenvalue weighted by atomic mass is 35.5. The normalized spacial score (nSPS) is 12.7. The topological polar surface area (TPSA) is 50.8 Å². The van der Waals surface area contributed by atoms with Crippen LogP contribution < -0.4 is 14.8 Å². The van der Waals surface area contributed by atoms with Crippen LogP contribution in [0.4, 0.5) is 5.69 Å². The molecule has 2 aromatic rings. The molecule has 0 unspecified atom stereocenters. The molecule has 1 aliphatic heterocycles. The predicted molar refractivity (Wildman–Crippen MR) is 132 cm³/mol. The Kier molecular flexibility index (Phi) is 9.00. The number of anilines is 1. The van der Waals surface area contributed by atoms with Gasteiger partial charge in [0, 0.05) is 16.3 Å². The summed E-state index contributed by atoms with van der Waals surface area (Å²) < 4.78 is 11.3. The van der Waals surface area contributed by atoms with E-state index in [1.165, 1.54) is 12.8 Å². The Bertz CT molecular complexity index is 952. The van der Waals surface area contributed by atoms with E-state index >= 15 is 0 Å². The highest BCUT2D eigenvalue weighted by Crippen LogP contribution is 2.30. The molecule has 3 rings (SSSR count). The molecule has 1 aliphatic rings. The lowest BCUT2D eigenvalue weighted by Crippen LogP contribution is -2.26. The minimum atomic E-state index is -0.177. The van der Waals surface area contributed by atoms with Gasteiger partial charge < -0.3 is 19.7 Å². The second-order valence-corrected chi connectivity index (χ2v) is 8.50. The van der Waals surface area contributed by atoms with Gasteiger partial charge in [0.25, 0.3) is 5.91 Å². The number of aryl methyl sites for hydroxylation is 1. The van der Waals surface area contributed by atoms with Crippen LogP contribution in [-0.4, -0.2) is 44.2 Å². The summed E-state index contributed by atoms with van der Waals surface area (Å²) in [6, 6.07) is 11.2. The molecule has 2 aromatic carbocycles. The van der Waals surface area contributed by atoms with Gasteiger partial charge in [-0.3, -0.25) is 4.79 Å². The van der Waals surface area contributed by atoms with E-state index in [0.717, 1.165) is 60.8 Å². The average molecular weight is 457 g/mol. The number of hydrogen-bond donors (Lipinski definition) is 1. The number of ether oxygens (including phenoxy) is 2. The third-order valence-corrected chi connectivity index (χ3v) is 5.75. The van der Waals surface area contributed by atoms with Crippen molar-refractivity contribution in [2.45, 2.75) is 39.5 Å². The molecule has 0 atom stereocenters. The summed E-state index contributed by atoms with van der Waals surface area (Å²) in [5.41, 5.74) is 3.23. The Morgan fingerprint density at radius 3 is 2.62 bits per heavy atom. The minimum absolute atomic E-state index is 0.177. The molecule has 0 bridgehead atoms. The molecule has 1 N–H and O–H groups in total. The van der Waals surface area contributed by atoms with Crippen LogP contribution in [0, 0.1) is 0 Å². The number of nitrogens with zero attached hydrogens (tertiary/aromatic N) is 1. The lowest BCUT2D eigenvalue weighted by Gasteiger charge is -2.21. The fraction of sp³-hybridized carbons (Fsp3) is 0.423. The van der Waals surface area contributed by atoms with Crippen LogP contribution in [0.5, 0.6) is 11.5 Å². The zero-order chi connectivity index (χ0) is 22.9. The molecule has 0 aromatic heterocycles. The number of rotatable bonds is 11. The van der Waals surface area contributed by atoms with Crippen molar-refractivity contribution in [3.8, 4) is 11.5 Å². The van der Waals surface area contributed by atoms with Crippen molar-refractivity contribution in [1.29, 1.82) is 0 Å². The van der Waals surface area contributed by atoms with Crippen LogP contribution in [-0.2, 0) is 11.2 Å². The summed E-state index contributed by atoms with van der Waals surface area (Å²) in [4.78, 5) is 15.4. The van der Waals surface area contributed by atoms with Crippen LogP contribution in [0.25, 0.3) is 6.08 Å². The number of carbonyl (C=O) groups is 1. The van der Waals surface area contributed by atoms with Gasteiger partial charge in [0.2, 0.25) is 0 Å². The highest BCUT2D eigenvalue weighted by molar-refractivity contribution is 6.30. The number of halogens is 1. The fourth-order valence-electron chi connectivity index (χ4n) is 4.00. The lowest BCUT2D eigenvalue weighted by atomic mass is 10.1. The van der Waals surface area contributed by atoms with Gasteiger partial charge in [-0.15, -0.1) is 0 Å². The second kappa shape index (κ2) is 11.9. The zero-order valence-corrected chi connectivity index (χ0v) is 20.0. The second-order valence-electron chi connectivity index (χ2n) is 8.07. The molecule has 1 heterocycles. The van der Waals surface area contributed by atoms with E-state index in [2.05, 4.69) is 24.1 Å². The van der Waals surface area contributed by atoms with Crippen LogP contribution >= 0.6 is 11.6 Å². The van der Waals surface area contributed by atoms with Gasteiger partial charge in [-0.1, -0.05) is 25.4 Å². The Morgan fingerprint density at radius 1 is 1.12 bits per heavy atom. The Morgan fingerprint density at radius 2 is 1.91 bits per heavy atom. The summed E-state index contributed by atoms with van der Waals surface area (Å²) in [5.74, 6) is 1.41. The molecule has 0 aliphatic carbocycles. The van der Waals surface area contributed by atoms with E-state index in [-0.39, 0.29) is 12.5 Å². The van der Waals surface area contributed by atoms with Crippen LogP contribution in [0.15, 0.2) is 42.0 Å². The van der Waals surface area contributed by atoms with Crippen molar-refractivity contribution in [3.05, 3.63) is 58.1 Å². The number of amides is 1. The number of benzene rings is 2. The van der Waals surface area contributed by atoms with Gasteiger partial charge in [0.05, 0.1) is 12.7 Å². The van der Waals surface area contributed by atoms with Gasteiger partial charge in [-0.25, -0.2) is 0 Å². The number of hydrogen-bond acceptors (Lipinski definition) is 4. The number of fused-ring (bicyclic) bond motifs is 1. The first kappa shape index (κ1) is 24.1. The van der Waals surface area contributed by atoms with Crippen molar-refractivity contribution in [2.24, 2.45) is 0 Å². The van der Waals surface area contributed by atoms with E-state index in [4.69, 9.17) is 21.1 Å². The molecule has 172 valence electrons. The molecular weight excluding hydrogens is 424 g/mol. The maximum absolute atomic E-state index is 12.8. The summed E-state index contributed by atoms with van der Waals surface area (Å²) in [7, 11) is 1.68. The zero-order valence-electron chi connectivity index (χ0n) is 19.2. The molecule has 0 radical (unpaired) electrons. The summed E-state index contributed by atoms with van der Waals surface area (Å²) in [5, 5.41) is 3.61. The molecule has 1 amide bonds. The molecule has 0 fully saturated rings. The molecule has 6 heteroatoms. The smallest absolute Gasteiger partial charge is 0.255 e. The molecule has 0 saturated heterocycles. The molecule has 0 spiro atoms. The van der Waals surface area contributed by atoms with Gasteiger partial charge in [-0.2, -0.15) is 0 Å². The van der Waals surface area contributed by atoms with Gasteiger partial charge >= 0.3 is 0 Å². The number of nitrogens with one attached hydrogen (secondary N) is 1. The lowest BCUT2D eigenvalue weighted by molar-refractivity contribution is -0.113. The van der Waals surface area contributed by atoms with E-state index in [0.29, 0.717) is 10.6 Å². The van der Waals surface area contributed by atoms with E-state index in [9.17, 15) is 4.79 Å². The Labute approximate surface area is 196 Å². The SMILES string of the molecule is CCCN(CCC)CCCc1cc(NC(=O)C2=Cc3cc(Cl)ccc3OC2)ccc1OC. The van der Waals surface area contributed by atoms with E-state index in [1.807, 2.05) is 30.3 Å². The van der Waals surface area contributed by atoms with Gasteiger partial charge in [-0.05, 0) is 93.4 Å². The monoisotopic (exact) mass is 456 g/mol. The Balaban J connectivity index is 1.66. The maximum Gasteiger partial charge on any atom is 0.255 e. The Hall–Kier alpha value is -2.50. The minimum Gasteiger partial charge on any atom is -0.496 e. The molecular formula is C26H33ClN2O3. The molecule has 0 saturated carbocycles. The summed E-state index contributed by atoms with van der Waals surface area (Å²) >= 11 is 6.08. The standard InChI is InChI=1S/C26H33ClN2O3/c1-4-12-29(13-5-2)14-6-7-19-17-23(9-11-24(19)31-3)28-26(30)21-15-20-16-22(27)8-10-25(20)32-18-21/h8-11,15-17H,4-7,12-14,18H2,1-3H3,(H,28,30). The first-order valence-electron chi connectivity index (χ1n) is 11.4. The van der Waals surface area contributed by atoms with Crippen molar-refractivity contribution in [1.82, 2.24) is 4.90 Å². The fourth-order valence-corrected chi connectivity index (χ4v) is 4.18. The van der Waals surface area contributed by atoms with E-state index < -0.39 is 0 Å². The molecule has 5 nitrogen and oxygen atoms in total. The third-order valence-electron chi connectivity index (χ3n) is 5.51. The first-order chi connectivity index (χ1) is 15.5. The van der Waals surface area contributed by atoms with Crippen molar-refractivity contribution < 1.29 is 14.3 Å². The van der Waals surface area contributed by atoms with Crippen LogP contribution in [0.2, 0.25) is 5.02 Å². The summed E-state index contributed by atoms with van der Waals surface area (Å²) in [6.07, 6.45) is 6.11. The number of carbonyl (C=O) groups excluding carboxylic acids is 1. The van der Waals surface area contributed by atoms with Gasteiger partial charge in [0.15, 0.2) is 0 Å². The third kappa shape index (κ3) is 6.50. The average Bonchev–Trinajstić information content (AvgIpc) is 2.79. The number of methoxy groups -OCH3 is 1. The maximum atomic E-state index is 12.8. The van der Waals surface area contributed by atoms with Gasteiger partial charge in [0.1, 0.15) is 18.1 Å². The van der Waals surface area contributed by atoms with Crippen molar-refractivity contribution >= 4 is 29.3 Å². The van der Waals surface area contributed by atoms with Crippen LogP contribution in [0.1, 0.15) is 44.2 Å². The van der Waals surface area contributed by atoms with Crippen LogP contribution in [0.3, 0.4) is 0 Å².